The number of fused-ring (bicyclic) bond motifs is 2. The first-order valence-electron chi connectivity index (χ1n) is 9.92. The van der Waals surface area contributed by atoms with Gasteiger partial charge in [-0.3, -0.25) is 4.90 Å². The second kappa shape index (κ2) is 3.23. The Morgan fingerprint density at radius 2 is 1.53 bits per heavy atom. The second-order valence-electron chi connectivity index (χ2n) is 6.23. The van der Waals surface area contributed by atoms with E-state index >= 15 is 0 Å². The molecular formula is C14H27N. The van der Waals surface area contributed by atoms with Gasteiger partial charge in [0.2, 0.25) is 0 Å². The molecule has 15 heavy (non-hydrogen) atoms. The summed E-state index contributed by atoms with van der Waals surface area (Å²) in [6, 6.07) is 0. The van der Waals surface area contributed by atoms with Crippen LogP contribution in [0.25, 0.3) is 0 Å². The Morgan fingerprint density at radius 3 is 1.87 bits per heavy atom. The van der Waals surface area contributed by atoms with Crippen molar-refractivity contribution >= 4 is 0 Å². The summed E-state index contributed by atoms with van der Waals surface area (Å²) < 4.78 is 77.1. The van der Waals surface area contributed by atoms with Gasteiger partial charge in [0, 0.05) is 30.9 Å². The van der Waals surface area contributed by atoms with Gasteiger partial charge in [-0.1, -0.05) is 20.8 Å². The lowest BCUT2D eigenvalue weighted by atomic mass is 9.52. The van der Waals surface area contributed by atoms with E-state index in [-0.39, 0.29) is 0 Å². The van der Waals surface area contributed by atoms with Crippen molar-refractivity contribution in [1.29, 1.82) is 0 Å². The molecule has 88 valence electrons. The molecule has 2 saturated heterocycles. The molecule has 2 bridgehead atoms. The molecule has 0 N–H and O–H groups in total. The van der Waals surface area contributed by atoms with Gasteiger partial charge in [0.25, 0.3) is 0 Å². The van der Waals surface area contributed by atoms with Gasteiger partial charge in [0.05, 0.1) is 0 Å². The Bertz CT molecular complexity index is 542. The van der Waals surface area contributed by atoms with Crippen LogP contribution in [0, 0.1) is 23.1 Å². The topological polar surface area (TPSA) is 3.24 Å². The minimum atomic E-state index is -2.83. The monoisotopic (exact) mass is 218 g/mol. The van der Waals surface area contributed by atoms with Crippen molar-refractivity contribution in [1.82, 2.24) is 4.90 Å². The molecule has 3 rings (SSSR count). The number of nitrogens with zero attached hydrogens (tertiary/aromatic N) is 1. The van der Waals surface area contributed by atoms with Gasteiger partial charge in [-0.15, -0.1) is 0 Å². The SMILES string of the molecule is [2H]C1([2H])N(C(C)(C)C)C([2H])([2H])C2([2H])C([2H])([2H])C1([2H])C2([2H])C(C)(C)C. The molecule has 1 heteroatoms. The first-order chi connectivity index (χ1) is 10.1. The molecule has 1 saturated carbocycles. The molecule has 3 fully saturated rings. The van der Waals surface area contributed by atoms with Crippen LogP contribution in [0.1, 0.15) is 60.3 Å². The zero-order valence-corrected chi connectivity index (χ0v) is 10.4. The highest BCUT2D eigenvalue weighted by Gasteiger charge is 2.52. The molecule has 3 aliphatic rings. The van der Waals surface area contributed by atoms with Crippen LogP contribution in [0.15, 0.2) is 0 Å². The third-order valence-corrected chi connectivity index (χ3v) is 2.62. The van der Waals surface area contributed by atoms with Gasteiger partial charge in [0.1, 0.15) is 0 Å². The van der Waals surface area contributed by atoms with Crippen LogP contribution < -0.4 is 0 Å². The van der Waals surface area contributed by atoms with Crippen molar-refractivity contribution in [2.45, 2.75) is 53.5 Å². The lowest BCUT2D eigenvalue weighted by Crippen LogP contribution is -2.62. The van der Waals surface area contributed by atoms with E-state index < -0.39 is 48.0 Å². The minimum absolute atomic E-state index is 0.785. The van der Waals surface area contributed by atoms with Crippen LogP contribution in [0.4, 0.5) is 0 Å². The largest absolute Gasteiger partial charge is 0.298 e. The van der Waals surface area contributed by atoms with Crippen molar-refractivity contribution in [2.24, 2.45) is 23.1 Å². The normalized spacial score (nSPS) is 71.2. The molecule has 0 aromatic rings. The summed E-state index contributed by atoms with van der Waals surface area (Å²) in [5.74, 6) is -7.52. The number of hydrogen-bond donors (Lipinski definition) is 0. The Kier molecular flexibility index (Phi) is 1.01. The smallest absolute Gasteiger partial charge is 0.0434 e. The molecule has 0 spiro atoms. The highest BCUT2D eigenvalue weighted by molar-refractivity contribution is 5.03. The van der Waals surface area contributed by atoms with E-state index in [9.17, 15) is 0 Å². The number of piperidine rings is 2. The molecular weight excluding hydrogens is 182 g/mol. The van der Waals surface area contributed by atoms with Crippen LogP contribution >= 0.6 is 0 Å². The maximum absolute atomic E-state index is 8.86. The second-order valence-corrected chi connectivity index (χ2v) is 6.23. The fourth-order valence-corrected chi connectivity index (χ4v) is 1.82. The van der Waals surface area contributed by atoms with E-state index in [1.54, 1.807) is 41.5 Å². The van der Waals surface area contributed by atoms with E-state index in [0.29, 0.717) is 0 Å². The number of rotatable bonds is 0. The van der Waals surface area contributed by atoms with E-state index in [4.69, 9.17) is 12.3 Å². The van der Waals surface area contributed by atoms with Crippen LogP contribution in [-0.2, 0) is 0 Å². The Balaban J connectivity index is 2.97. The fraction of sp³-hybridized carbons (Fsp3) is 1.00. The Hall–Kier alpha value is -0.0400. The summed E-state index contributed by atoms with van der Waals surface area (Å²) in [4.78, 5) is 0.785. The predicted molar refractivity (Wildman–Crippen MR) is 65.9 cm³/mol. The van der Waals surface area contributed by atoms with Gasteiger partial charge in [-0.05, 0) is 50.2 Å². The Morgan fingerprint density at radius 1 is 1.07 bits per heavy atom. The molecule has 2 unspecified atom stereocenters. The predicted octanol–water partition coefficient (Wildman–Crippen LogP) is 3.40. The van der Waals surface area contributed by atoms with E-state index in [0.717, 1.165) is 4.90 Å². The van der Waals surface area contributed by atoms with E-state index in [1.165, 1.54) is 0 Å². The zero-order chi connectivity index (χ0) is 19.6. The average Bonchev–Trinajstić information content (AvgIpc) is 2.28. The highest BCUT2D eigenvalue weighted by Crippen LogP contribution is 2.54. The lowest BCUT2D eigenvalue weighted by Gasteiger charge is -2.61. The van der Waals surface area contributed by atoms with Gasteiger partial charge in [-0.25, -0.2) is 0 Å². The summed E-state index contributed by atoms with van der Waals surface area (Å²) in [7, 11) is 0. The molecule has 1 nitrogen and oxygen atoms in total. The zero-order valence-electron chi connectivity index (χ0n) is 19.4. The van der Waals surface area contributed by atoms with Crippen LogP contribution in [0.5, 0.6) is 0 Å². The Labute approximate surface area is 108 Å². The molecule has 0 aromatic carbocycles. The van der Waals surface area contributed by atoms with Crippen LogP contribution in [0.3, 0.4) is 0 Å². The fourth-order valence-electron chi connectivity index (χ4n) is 1.82. The van der Waals surface area contributed by atoms with E-state index in [1.807, 2.05) is 0 Å². The first-order valence-corrected chi connectivity index (χ1v) is 5.42. The van der Waals surface area contributed by atoms with Crippen LogP contribution in [-0.4, -0.2) is 23.4 Å². The maximum Gasteiger partial charge on any atom is 0.0434 e. The molecule has 2 aliphatic heterocycles. The van der Waals surface area contributed by atoms with Crippen molar-refractivity contribution in [3.05, 3.63) is 0 Å². The standard InChI is InChI=1S/C14H27N/c1-13(2,3)12-10-7-11(12)9-15(8-10)14(4,5)6/h10-12H,7-9H2,1-6H3/i7D2,8D2,9D2,10D,11D,12D. The van der Waals surface area contributed by atoms with Gasteiger partial charge in [-0.2, -0.15) is 0 Å². The molecule has 0 radical (unpaired) electrons. The van der Waals surface area contributed by atoms with Gasteiger partial charge < -0.3 is 0 Å². The highest BCUT2D eigenvalue weighted by atomic mass is 15.2. The summed E-state index contributed by atoms with van der Waals surface area (Å²) in [5.41, 5.74) is -2.27. The summed E-state index contributed by atoms with van der Waals surface area (Å²) in [6.07, 6.45) is -2.83. The van der Waals surface area contributed by atoms with E-state index in [2.05, 4.69) is 0 Å². The average molecular weight is 218 g/mol. The third kappa shape index (κ3) is 1.95. The first kappa shape index (κ1) is 4.68. The maximum atomic E-state index is 8.86. The van der Waals surface area contributed by atoms with Crippen molar-refractivity contribution in [2.75, 3.05) is 13.0 Å². The molecule has 2 heterocycles. The van der Waals surface area contributed by atoms with Crippen molar-refractivity contribution in [3.8, 4) is 0 Å². The van der Waals surface area contributed by atoms with Crippen molar-refractivity contribution < 1.29 is 12.3 Å². The van der Waals surface area contributed by atoms with Gasteiger partial charge in [0.15, 0.2) is 0 Å². The number of hydrogen-bond acceptors (Lipinski definition) is 1. The quantitative estimate of drug-likeness (QED) is 0.602. The summed E-state index contributed by atoms with van der Waals surface area (Å²) >= 11 is 0. The third-order valence-electron chi connectivity index (χ3n) is 2.62. The molecule has 1 aliphatic carbocycles. The minimum Gasteiger partial charge on any atom is -0.298 e. The summed E-state index contributed by atoms with van der Waals surface area (Å²) in [6.45, 7) is 3.77. The molecule has 2 atom stereocenters. The lowest BCUT2D eigenvalue weighted by molar-refractivity contribution is -0.119. The van der Waals surface area contributed by atoms with Crippen molar-refractivity contribution in [3.63, 3.8) is 0 Å². The molecule has 0 aromatic heterocycles. The van der Waals surface area contributed by atoms with Crippen LogP contribution in [0.2, 0.25) is 0 Å². The molecule has 0 amide bonds. The van der Waals surface area contributed by atoms with Gasteiger partial charge >= 0.3 is 0 Å². The summed E-state index contributed by atoms with van der Waals surface area (Å²) in [5, 5.41) is 0.